The van der Waals surface area contributed by atoms with E-state index in [1.165, 1.54) is 0 Å². The van der Waals surface area contributed by atoms with Crippen LogP contribution in [0, 0.1) is 0 Å². The van der Waals surface area contributed by atoms with Crippen LogP contribution in [0.3, 0.4) is 0 Å². The maximum Gasteiger partial charge on any atom is 0.146 e. The number of phenolic OH excluding ortho intramolecular Hbond substituents is 1. The fraction of sp³-hybridized carbons (Fsp3) is 0.500. The van der Waals surface area contributed by atoms with E-state index < -0.39 is 0 Å². The van der Waals surface area contributed by atoms with Crippen molar-refractivity contribution in [2.45, 2.75) is 12.8 Å². The molecule has 16 heavy (non-hydrogen) atoms. The predicted octanol–water partition coefficient (Wildman–Crippen LogP) is 1.31. The molecule has 4 heteroatoms. The molecule has 0 unspecified atom stereocenters. The number of aliphatic hydroxyl groups excluding tert-OH is 1. The summed E-state index contributed by atoms with van der Waals surface area (Å²) in [7, 11) is 0. The van der Waals surface area contributed by atoms with Crippen molar-refractivity contribution in [1.29, 1.82) is 0 Å². The summed E-state index contributed by atoms with van der Waals surface area (Å²) >= 11 is 0. The van der Waals surface area contributed by atoms with E-state index in [0.717, 1.165) is 12.0 Å². The number of aliphatic hydroxyl groups is 1. The quantitative estimate of drug-likeness (QED) is 0.518. The number of hydrogen-bond acceptors (Lipinski definition) is 4. The van der Waals surface area contributed by atoms with Gasteiger partial charge >= 0.3 is 0 Å². The molecule has 0 aliphatic carbocycles. The Balaban J connectivity index is 2.01. The van der Waals surface area contributed by atoms with Crippen molar-refractivity contribution in [3.8, 4) is 5.75 Å². The Morgan fingerprint density at radius 1 is 1.00 bits per heavy atom. The van der Waals surface area contributed by atoms with Gasteiger partial charge in [0.1, 0.15) is 12.5 Å². The average molecular weight is 226 g/mol. The van der Waals surface area contributed by atoms with E-state index in [2.05, 4.69) is 0 Å². The minimum atomic E-state index is 0.146. The SMILES string of the molecule is OCCCOCOCCc1ccc(O)cc1. The van der Waals surface area contributed by atoms with Gasteiger partial charge < -0.3 is 19.7 Å². The molecule has 0 aromatic heterocycles. The van der Waals surface area contributed by atoms with Crippen LogP contribution in [0.25, 0.3) is 0 Å². The first kappa shape index (κ1) is 13.0. The molecule has 90 valence electrons. The van der Waals surface area contributed by atoms with Crippen molar-refractivity contribution < 1.29 is 19.7 Å². The van der Waals surface area contributed by atoms with Gasteiger partial charge in [0.05, 0.1) is 13.2 Å². The lowest BCUT2D eigenvalue weighted by Crippen LogP contribution is -2.05. The first-order valence-electron chi connectivity index (χ1n) is 5.37. The Kier molecular flexibility index (Phi) is 6.56. The molecule has 0 radical (unpaired) electrons. The summed E-state index contributed by atoms with van der Waals surface area (Å²) in [5.74, 6) is 0.275. The second-order valence-electron chi connectivity index (χ2n) is 3.43. The van der Waals surface area contributed by atoms with Crippen LogP contribution in [0.15, 0.2) is 24.3 Å². The van der Waals surface area contributed by atoms with Crippen LogP contribution >= 0.6 is 0 Å². The Labute approximate surface area is 95.4 Å². The van der Waals surface area contributed by atoms with Crippen molar-refractivity contribution in [3.05, 3.63) is 29.8 Å². The molecule has 0 aliphatic rings. The number of phenols is 1. The molecular weight excluding hydrogens is 208 g/mol. The van der Waals surface area contributed by atoms with Crippen LogP contribution in [0.2, 0.25) is 0 Å². The van der Waals surface area contributed by atoms with E-state index in [4.69, 9.17) is 19.7 Å². The lowest BCUT2D eigenvalue weighted by Gasteiger charge is -2.05. The molecule has 4 nitrogen and oxygen atoms in total. The van der Waals surface area contributed by atoms with Crippen LogP contribution in [-0.4, -0.2) is 36.8 Å². The molecule has 0 aliphatic heterocycles. The zero-order valence-electron chi connectivity index (χ0n) is 9.26. The molecule has 0 atom stereocenters. The lowest BCUT2D eigenvalue weighted by atomic mass is 10.1. The van der Waals surface area contributed by atoms with Crippen molar-refractivity contribution in [3.63, 3.8) is 0 Å². The smallest absolute Gasteiger partial charge is 0.146 e. The minimum absolute atomic E-state index is 0.146. The molecule has 0 amide bonds. The molecule has 0 spiro atoms. The summed E-state index contributed by atoms with van der Waals surface area (Å²) in [6.07, 6.45) is 1.44. The molecule has 1 aromatic carbocycles. The highest BCUT2D eigenvalue weighted by Crippen LogP contribution is 2.09. The van der Waals surface area contributed by atoms with Crippen molar-refractivity contribution in [2.24, 2.45) is 0 Å². The molecule has 0 bridgehead atoms. The Bertz CT molecular complexity index is 271. The van der Waals surface area contributed by atoms with E-state index in [-0.39, 0.29) is 19.1 Å². The van der Waals surface area contributed by atoms with Crippen molar-refractivity contribution >= 4 is 0 Å². The van der Waals surface area contributed by atoms with Gasteiger partial charge in [-0.15, -0.1) is 0 Å². The van der Waals surface area contributed by atoms with Gasteiger partial charge in [-0.2, -0.15) is 0 Å². The third kappa shape index (κ3) is 5.70. The second kappa shape index (κ2) is 8.10. The van der Waals surface area contributed by atoms with Crippen LogP contribution in [-0.2, 0) is 15.9 Å². The predicted molar refractivity (Wildman–Crippen MR) is 60.3 cm³/mol. The Morgan fingerprint density at radius 2 is 1.69 bits per heavy atom. The molecule has 0 saturated heterocycles. The monoisotopic (exact) mass is 226 g/mol. The van der Waals surface area contributed by atoms with E-state index in [9.17, 15) is 0 Å². The number of rotatable bonds is 8. The molecule has 0 heterocycles. The van der Waals surface area contributed by atoms with E-state index in [0.29, 0.717) is 19.6 Å². The van der Waals surface area contributed by atoms with Gasteiger partial charge in [0.15, 0.2) is 0 Å². The summed E-state index contributed by atoms with van der Waals surface area (Å²) < 4.78 is 10.4. The third-order valence-electron chi connectivity index (χ3n) is 2.08. The molecular formula is C12H18O4. The summed E-state index contributed by atoms with van der Waals surface area (Å²) in [6.45, 7) is 1.52. The summed E-state index contributed by atoms with van der Waals surface area (Å²) in [4.78, 5) is 0. The molecule has 1 rings (SSSR count). The zero-order valence-corrected chi connectivity index (χ0v) is 9.26. The van der Waals surface area contributed by atoms with E-state index in [1.54, 1.807) is 12.1 Å². The van der Waals surface area contributed by atoms with Crippen LogP contribution < -0.4 is 0 Å². The van der Waals surface area contributed by atoms with Gasteiger partial charge in [-0.05, 0) is 30.5 Å². The Morgan fingerprint density at radius 3 is 2.38 bits per heavy atom. The number of hydrogen-bond donors (Lipinski definition) is 2. The first-order valence-corrected chi connectivity index (χ1v) is 5.37. The van der Waals surface area contributed by atoms with Gasteiger partial charge in [-0.1, -0.05) is 12.1 Å². The Hall–Kier alpha value is -1.10. The fourth-order valence-corrected chi connectivity index (χ4v) is 1.20. The number of benzene rings is 1. The highest BCUT2D eigenvalue weighted by Gasteiger charge is 1.94. The van der Waals surface area contributed by atoms with E-state index >= 15 is 0 Å². The van der Waals surface area contributed by atoms with Gasteiger partial charge in [-0.25, -0.2) is 0 Å². The zero-order chi connectivity index (χ0) is 11.6. The molecule has 0 saturated carbocycles. The number of aromatic hydroxyl groups is 1. The standard InChI is InChI=1S/C12H18O4/c13-7-1-8-15-10-16-9-6-11-2-4-12(14)5-3-11/h2-5,13-14H,1,6-10H2. The maximum atomic E-state index is 9.08. The van der Waals surface area contributed by atoms with Crippen LogP contribution in [0.1, 0.15) is 12.0 Å². The van der Waals surface area contributed by atoms with Crippen LogP contribution in [0.4, 0.5) is 0 Å². The van der Waals surface area contributed by atoms with Gasteiger partial charge in [0.2, 0.25) is 0 Å². The van der Waals surface area contributed by atoms with Gasteiger partial charge in [-0.3, -0.25) is 0 Å². The van der Waals surface area contributed by atoms with Gasteiger partial charge in [0.25, 0.3) is 0 Å². The maximum absolute atomic E-state index is 9.08. The second-order valence-corrected chi connectivity index (χ2v) is 3.43. The molecule has 2 N–H and O–H groups in total. The molecule has 1 aromatic rings. The first-order chi connectivity index (χ1) is 7.83. The van der Waals surface area contributed by atoms with Crippen molar-refractivity contribution in [2.75, 3.05) is 26.6 Å². The van der Waals surface area contributed by atoms with Crippen molar-refractivity contribution in [1.82, 2.24) is 0 Å². The normalized spacial score (nSPS) is 10.6. The third-order valence-corrected chi connectivity index (χ3v) is 2.08. The van der Waals surface area contributed by atoms with Crippen LogP contribution in [0.5, 0.6) is 5.75 Å². The largest absolute Gasteiger partial charge is 0.508 e. The minimum Gasteiger partial charge on any atom is -0.508 e. The summed E-state index contributed by atoms with van der Waals surface area (Å²) in [5.41, 5.74) is 1.12. The van der Waals surface area contributed by atoms with E-state index in [1.807, 2.05) is 12.1 Å². The average Bonchev–Trinajstić information content (AvgIpc) is 2.30. The van der Waals surface area contributed by atoms with Gasteiger partial charge in [0, 0.05) is 6.61 Å². The highest BCUT2D eigenvalue weighted by molar-refractivity contribution is 5.25. The summed E-state index contributed by atoms with van der Waals surface area (Å²) in [5, 5.41) is 17.6. The summed E-state index contributed by atoms with van der Waals surface area (Å²) in [6, 6.07) is 7.05. The lowest BCUT2D eigenvalue weighted by molar-refractivity contribution is -0.0554. The highest BCUT2D eigenvalue weighted by atomic mass is 16.7. The molecule has 0 fully saturated rings. The fourth-order valence-electron chi connectivity index (χ4n) is 1.20. The topological polar surface area (TPSA) is 58.9 Å². The number of ether oxygens (including phenoxy) is 2.